The Morgan fingerprint density at radius 1 is 1.05 bits per heavy atom. The molecule has 0 aliphatic heterocycles. The lowest BCUT2D eigenvalue weighted by atomic mass is 10.1. The Bertz CT molecular complexity index is 617. The van der Waals surface area contributed by atoms with E-state index in [1.165, 1.54) is 5.56 Å². The quantitative estimate of drug-likeness (QED) is 0.776. The molecule has 110 valence electrons. The third-order valence-electron chi connectivity index (χ3n) is 3.33. The van der Waals surface area contributed by atoms with Gasteiger partial charge in [0.15, 0.2) is 5.78 Å². The van der Waals surface area contributed by atoms with Crippen molar-refractivity contribution < 1.29 is 13.6 Å². The molecule has 4 heteroatoms. The van der Waals surface area contributed by atoms with Crippen LogP contribution in [0.1, 0.15) is 22.3 Å². The summed E-state index contributed by atoms with van der Waals surface area (Å²) in [5.74, 6) is -1.73. The van der Waals surface area contributed by atoms with Gasteiger partial charge in [-0.2, -0.15) is 0 Å². The molecule has 0 aliphatic rings. The molecule has 0 unspecified atom stereocenters. The molecule has 0 spiro atoms. The molecule has 2 aromatic rings. The molecule has 0 fully saturated rings. The lowest BCUT2D eigenvalue weighted by molar-refractivity contribution is 0.0984. The predicted octanol–water partition coefficient (Wildman–Crippen LogP) is 3.98. The van der Waals surface area contributed by atoms with E-state index in [0.717, 1.165) is 23.9 Å². The second kappa shape index (κ2) is 6.48. The summed E-state index contributed by atoms with van der Waals surface area (Å²) in [5, 5.41) is 0. The number of rotatable bonds is 5. The number of halogens is 2. The smallest absolute Gasteiger partial charge is 0.164 e. The van der Waals surface area contributed by atoms with Crippen LogP contribution in [0.4, 0.5) is 14.5 Å². The van der Waals surface area contributed by atoms with Gasteiger partial charge in [0.25, 0.3) is 0 Å². The number of ketones is 1. The average molecular weight is 289 g/mol. The SMILES string of the molecule is Cc1ccc(N(C)CCC(=O)c2cc(F)cc(F)c2)cc1. The molecule has 0 saturated heterocycles. The Hall–Kier alpha value is -2.23. The Morgan fingerprint density at radius 2 is 1.62 bits per heavy atom. The van der Waals surface area contributed by atoms with Crippen LogP contribution in [0.5, 0.6) is 0 Å². The van der Waals surface area contributed by atoms with Gasteiger partial charge >= 0.3 is 0 Å². The molecule has 0 aliphatic carbocycles. The third-order valence-corrected chi connectivity index (χ3v) is 3.33. The second-order valence-corrected chi connectivity index (χ2v) is 5.09. The first kappa shape index (κ1) is 15.2. The number of aryl methyl sites for hydroxylation is 1. The van der Waals surface area contributed by atoms with Crippen molar-refractivity contribution in [2.24, 2.45) is 0 Å². The monoisotopic (exact) mass is 289 g/mol. The molecule has 0 bridgehead atoms. The molecule has 21 heavy (non-hydrogen) atoms. The van der Waals surface area contributed by atoms with Gasteiger partial charge in [-0.05, 0) is 31.2 Å². The topological polar surface area (TPSA) is 20.3 Å². The zero-order valence-corrected chi connectivity index (χ0v) is 12.1. The summed E-state index contributed by atoms with van der Waals surface area (Å²) in [4.78, 5) is 13.9. The number of Topliss-reactive ketones (excluding diaryl/α,β-unsaturated/α-hetero) is 1. The van der Waals surface area contributed by atoms with Gasteiger partial charge in [-0.1, -0.05) is 17.7 Å². The van der Waals surface area contributed by atoms with E-state index < -0.39 is 11.6 Å². The lowest BCUT2D eigenvalue weighted by Gasteiger charge is -2.19. The fraction of sp³-hybridized carbons (Fsp3) is 0.235. The molecule has 0 aromatic heterocycles. The van der Waals surface area contributed by atoms with Crippen LogP contribution in [0, 0.1) is 18.6 Å². The third kappa shape index (κ3) is 4.12. The maximum Gasteiger partial charge on any atom is 0.164 e. The Labute approximate surface area is 123 Å². The van der Waals surface area contributed by atoms with Crippen LogP contribution >= 0.6 is 0 Å². The highest BCUT2D eigenvalue weighted by Crippen LogP contribution is 2.15. The molecule has 0 radical (unpaired) electrons. The molecule has 0 amide bonds. The summed E-state index contributed by atoms with van der Waals surface area (Å²) in [5.41, 5.74) is 2.24. The highest BCUT2D eigenvalue weighted by molar-refractivity contribution is 5.96. The van der Waals surface area contributed by atoms with Crippen molar-refractivity contribution >= 4 is 11.5 Å². The summed E-state index contributed by atoms with van der Waals surface area (Å²) in [6, 6.07) is 10.8. The number of anilines is 1. The Morgan fingerprint density at radius 3 is 2.19 bits per heavy atom. The molecule has 0 saturated carbocycles. The molecule has 0 atom stereocenters. The largest absolute Gasteiger partial charge is 0.374 e. The molecule has 0 N–H and O–H groups in total. The minimum absolute atomic E-state index is 0.0739. The molecular formula is C17H17F2NO. The van der Waals surface area contributed by atoms with Crippen molar-refractivity contribution in [3.05, 3.63) is 65.2 Å². The minimum atomic E-state index is -0.731. The maximum absolute atomic E-state index is 13.1. The van der Waals surface area contributed by atoms with Crippen LogP contribution in [-0.2, 0) is 0 Å². The van der Waals surface area contributed by atoms with Crippen molar-refractivity contribution in [3.63, 3.8) is 0 Å². The number of nitrogens with zero attached hydrogens (tertiary/aromatic N) is 1. The van der Waals surface area contributed by atoms with Crippen LogP contribution in [-0.4, -0.2) is 19.4 Å². The van der Waals surface area contributed by atoms with Gasteiger partial charge in [-0.3, -0.25) is 4.79 Å². The zero-order chi connectivity index (χ0) is 15.4. The van der Waals surface area contributed by atoms with E-state index in [0.29, 0.717) is 6.54 Å². The van der Waals surface area contributed by atoms with E-state index in [4.69, 9.17) is 0 Å². The van der Waals surface area contributed by atoms with Gasteiger partial charge < -0.3 is 4.90 Å². The molecule has 2 nitrogen and oxygen atoms in total. The number of hydrogen-bond acceptors (Lipinski definition) is 2. The van der Waals surface area contributed by atoms with Gasteiger partial charge in [0.05, 0.1) is 0 Å². The van der Waals surface area contributed by atoms with Crippen LogP contribution in [0.15, 0.2) is 42.5 Å². The number of hydrogen-bond donors (Lipinski definition) is 0. The Kier molecular flexibility index (Phi) is 4.68. The molecular weight excluding hydrogens is 272 g/mol. The molecule has 2 aromatic carbocycles. The van der Waals surface area contributed by atoms with E-state index in [-0.39, 0.29) is 17.8 Å². The van der Waals surface area contributed by atoms with Crippen molar-refractivity contribution in [2.75, 3.05) is 18.5 Å². The maximum atomic E-state index is 13.1. The highest BCUT2D eigenvalue weighted by atomic mass is 19.1. The van der Waals surface area contributed by atoms with Gasteiger partial charge in [0, 0.05) is 37.3 Å². The van der Waals surface area contributed by atoms with Crippen LogP contribution < -0.4 is 4.90 Å². The standard InChI is InChI=1S/C17H17F2NO/c1-12-3-5-16(6-4-12)20(2)8-7-17(21)13-9-14(18)11-15(19)10-13/h3-6,9-11H,7-8H2,1-2H3. The molecule has 2 rings (SSSR count). The van der Waals surface area contributed by atoms with Crippen molar-refractivity contribution in [1.82, 2.24) is 0 Å². The molecule has 0 heterocycles. The van der Waals surface area contributed by atoms with Crippen molar-refractivity contribution in [2.45, 2.75) is 13.3 Å². The lowest BCUT2D eigenvalue weighted by Crippen LogP contribution is -2.21. The van der Waals surface area contributed by atoms with E-state index in [1.54, 1.807) is 0 Å². The minimum Gasteiger partial charge on any atom is -0.374 e. The highest BCUT2D eigenvalue weighted by Gasteiger charge is 2.11. The van der Waals surface area contributed by atoms with E-state index in [2.05, 4.69) is 0 Å². The summed E-state index contributed by atoms with van der Waals surface area (Å²) < 4.78 is 26.2. The van der Waals surface area contributed by atoms with Crippen LogP contribution in [0.2, 0.25) is 0 Å². The van der Waals surface area contributed by atoms with Crippen LogP contribution in [0.3, 0.4) is 0 Å². The summed E-state index contributed by atoms with van der Waals surface area (Å²) in [6.07, 6.45) is 0.202. The van der Waals surface area contributed by atoms with Gasteiger partial charge in [-0.15, -0.1) is 0 Å². The first-order valence-corrected chi connectivity index (χ1v) is 6.73. The second-order valence-electron chi connectivity index (χ2n) is 5.09. The fourth-order valence-corrected chi connectivity index (χ4v) is 2.06. The first-order chi connectivity index (χ1) is 9.95. The van der Waals surface area contributed by atoms with Gasteiger partial charge in [0.2, 0.25) is 0 Å². The Balaban J connectivity index is 1.98. The summed E-state index contributed by atoms with van der Waals surface area (Å²) >= 11 is 0. The normalized spacial score (nSPS) is 10.5. The van der Waals surface area contributed by atoms with Gasteiger partial charge in [0.1, 0.15) is 11.6 Å². The summed E-state index contributed by atoms with van der Waals surface area (Å²) in [6.45, 7) is 2.49. The fourth-order valence-electron chi connectivity index (χ4n) is 2.06. The van der Waals surface area contributed by atoms with E-state index in [1.807, 2.05) is 43.1 Å². The van der Waals surface area contributed by atoms with Crippen LogP contribution in [0.25, 0.3) is 0 Å². The summed E-state index contributed by atoms with van der Waals surface area (Å²) in [7, 11) is 1.88. The number of carbonyl (C=O) groups excluding carboxylic acids is 1. The first-order valence-electron chi connectivity index (χ1n) is 6.73. The van der Waals surface area contributed by atoms with E-state index >= 15 is 0 Å². The van der Waals surface area contributed by atoms with Crippen molar-refractivity contribution in [1.29, 1.82) is 0 Å². The number of carbonyl (C=O) groups is 1. The van der Waals surface area contributed by atoms with E-state index in [9.17, 15) is 13.6 Å². The van der Waals surface area contributed by atoms with Gasteiger partial charge in [-0.25, -0.2) is 8.78 Å². The number of benzene rings is 2. The zero-order valence-electron chi connectivity index (χ0n) is 12.1. The predicted molar refractivity (Wildman–Crippen MR) is 79.8 cm³/mol. The average Bonchev–Trinajstić information content (AvgIpc) is 2.44. The van der Waals surface area contributed by atoms with Crippen molar-refractivity contribution in [3.8, 4) is 0 Å².